The fourth-order valence-corrected chi connectivity index (χ4v) is 2.93. The van der Waals surface area contributed by atoms with Gasteiger partial charge in [0, 0.05) is 17.8 Å². The van der Waals surface area contributed by atoms with Crippen LogP contribution in [-0.2, 0) is 4.79 Å². The van der Waals surface area contributed by atoms with Gasteiger partial charge in [0.1, 0.15) is 5.75 Å². The van der Waals surface area contributed by atoms with Gasteiger partial charge >= 0.3 is 0 Å². The minimum absolute atomic E-state index is 0.111. The molecule has 29 heavy (non-hydrogen) atoms. The summed E-state index contributed by atoms with van der Waals surface area (Å²) in [5.41, 5.74) is 0.298. The number of ether oxygens (including phenoxy) is 1. The number of hydrogen-bond donors (Lipinski definition) is 2. The van der Waals surface area contributed by atoms with E-state index in [-0.39, 0.29) is 35.6 Å². The molecule has 0 unspecified atom stereocenters. The predicted octanol–water partition coefficient (Wildman–Crippen LogP) is 4.03. The summed E-state index contributed by atoms with van der Waals surface area (Å²) in [6.07, 6.45) is 1.92. The summed E-state index contributed by atoms with van der Waals surface area (Å²) in [7, 11) is 0. The van der Waals surface area contributed by atoms with Crippen molar-refractivity contribution in [3.05, 3.63) is 71.8 Å². The molecule has 2 N–H and O–H groups in total. The Morgan fingerprint density at radius 3 is 2.38 bits per heavy atom. The minimum atomic E-state index is -1.06. The Morgan fingerprint density at radius 2 is 1.69 bits per heavy atom. The molecule has 4 rings (SSSR count). The highest BCUT2D eigenvalue weighted by molar-refractivity contribution is 6.08. The van der Waals surface area contributed by atoms with E-state index in [9.17, 15) is 18.4 Å². The van der Waals surface area contributed by atoms with E-state index >= 15 is 0 Å². The fraction of sp³-hybridized carbons (Fsp3) is 0.182. The summed E-state index contributed by atoms with van der Waals surface area (Å²) in [6, 6.07) is 14.0. The van der Waals surface area contributed by atoms with Gasteiger partial charge < -0.3 is 15.4 Å². The van der Waals surface area contributed by atoms with Crippen molar-refractivity contribution in [2.45, 2.75) is 18.9 Å². The van der Waals surface area contributed by atoms with E-state index in [0.29, 0.717) is 0 Å². The number of benzene rings is 3. The minimum Gasteiger partial charge on any atom is -0.483 e. The zero-order valence-electron chi connectivity index (χ0n) is 15.4. The third-order valence-corrected chi connectivity index (χ3v) is 4.57. The van der Waals surface area contributed by atoms with Gasteiger partial charge in [-0.25, -0.2) is 8.78 Å². The number of carbonyl (C=O) groups excluding carboxylic acids is 2. The highest BCUT2D eigenvalue weighted by atomic mass is 19.2. The molecule has 0 atom stereocenters. The lowest BCUT2D eigenvalue weighted by Crippen LogP contribution is -2.30. The fourth-order valence-electron chi connectivity index (χ4n) is 2.93. The maximum Gasteiger partial charge on any atom is 0.259 e. The summed E-state index contributed by atoms with van der Waals surface area (Å²) >= 11 is 0. The molecule has 2 amide bonds. The third-order valence-electron chi connectivity index (χ3n) is 4.57. The zero-order chi connectivity index (χ0) is 20.4. The first-order valence-electron chi connectivity index (χ1n) is 9.21. The maximum absolute atomic E-state index is 13.4. The quantitative estimate of drug-likeness (QED) is 0.661. The van der Waals surface area contributed by atoms with E-state index in [0.717, 1.165) is 35.7 Å². The third kappa shape index (κ3) is 4.51. The standard InChI is InChI=1S/C22H18F2N2O3/c23-18-8-7-16(11-19(18)24)26-22(28)17-9-13-3-1-2-4-14(13)10-20(17)29-12-21(27)25-15-5-6-15/h1-4,7-11,15H,5-6,12H2,(H,25,27)(H,26,28). The van der Waals surface area contributed by atoms with Crippen LogP contribution in [0.15, 0.2) is 54.6 Å². The van der Waals surface area contributed by atoms with Gasteiger partial charge in [-0.1, -0.05) is 24.3 Å². The second kappa shape index (κ2) is 7.87. The Bertz CT molecular complexity index is 1100. The molecule has 0 spiro atoms. The number of carbonyl (C=O) groups is 2. The van der Waals surface area contributed by atoms with E-state index in [1.54, 1.807) is 12.1 Å². The highest BCUT2D eigenvalue weighted by Crippen LogP contribution is 2.27. The number of amides is 2. The zero-order valence-corrected chi connectivity index (χ0v) is 15.4. The molecule has 7 heteroatoms. The molecule has 1 saturated carbocycles. The molecule has 0 bridgehead atoms. The second-order valence-electron chi connectivity index (χ2n) is 6.91. The molecule has 1 aliphatic rings. The van der Waals surface area contributed by atoms with Gasteiger partial charge in [0.15, 0.2) is 18.2 Å². The highest BCUT2D eigenvalue weighted by Gasteiger charge is 2.24. The van der Waals surface area contributed by atoms with Crippen LogP contribution in [0.3, 0.4) is 0 Å². The first kappa shape index (κ1) is 18.9. The monoisotopic (exact) mass is 396 g/mol. The van der Waals surface area contributed by atoms with Crippen LogP contribution < -0.4 is 15.4 Å². The maximum atomic E-state index is 13.4. The molecule has 3 aromatic carbocycles. The average molecular weight is 396 g/mol. The van der Waals surface area contributed by atoms with Crippen LogP contribution in [0.4, 0.5) is 14.5 Å². The first-order chi connectivity index (χ1) is 14.0. The lowest BCUT2D eigenvalue weighted by atomic mass is 10.1. The molecule has 0 aromatic heterocycles. The number of rotatable bonds is 6. The lowest BCUT2D eigenvalue weighted by molar-refractivity contribution is -0.123. The van der Waals surface area contributed by atoms with Gasteiger partial charge in [0.2, 0.25) is 0 Å². The summed E-state index contributed by atoms with van der Waals surface area (Å²) in [5, 5.41) is 7.00. The Hall–Kier alpha value is -3.48. The predicted molar refractivity (Wildman–Crippen MR) is 105 cm³/mol. The number of halogens is 2. The van der Waals surface area contributed by atoms with Crippen molar-refractivity contribution in [3.8, 4) is 5.75 Å². The molecule has 0 aliphatic heterocycles. The van der Waals surface area contributed by atoms with Crippen LogP contribution >= 0.6 is 0 Å². The van der Waals surface area contributed by atoms with Crippen molar-refractivity contribution in [2.75, 3.05) is 11.9 Å². The molecule has 5 nitrogen and oxygen atoms in total. The molecular weight excluding hydrogens is 378 g/mol. The van der Waals surface area contributed by atoms with E-state index in [2.05, 4.69) is 10.6 Å². The Kier molecular flexibility index (Phi) is 5.12. The van der Waals surface area contributed by atoms with Crippen molar-refractivity contribution in [2.24, 2.45) is 0 Å². The number of nitrogens with one attached hydrogen (secondary N) is 2. The van der Waals surface area contributed by atoms with Gasteiger partial charge in [-0.3, -0.25) is 9.59 Å². The second-order valence-corrected chi connectivity index (χ2v) is 6.91. The van der Waals surface area contributed by atoms with Crippen molar-refractivity contribution in [1.82, 2.24) is 5.32 Å². The Morgan fingerprint density at radius 1 is 0.966 bits per heavy atom. The molecule has 148 valence electrons. The van der Waals surface area contributed by atoms with Gasteiger partial charge in [-0.15, -0.1) is 0 Å². The average Bonchev–Trinajstić information content (AvgIpc) is 3.52. The van der Waals surface area contributed by atoms with Crippen LogP contribution in [0.25, 0.3) is 10.8 Å². The molecule has 0 heterocycles. The van der Waals surface area contributed by atoms with Crippen LogP contribution in [0.2, 0.25) is 0 Å². The number of hydrogen-bond acceptors (Lipinski definition) is 3. The number of fused-ring (bicyclic) bond motifs is 1. The van der Waals surface area contributed by atoms with Crippen LogP contribution in [0.1, 0.15) is 23.2 Å². The van der Waals surface area contributed by atoms with Crippen LogP contribution in [0, 0.1) is 11.6 Å². The van der Waals surface area contributed by atoms with Crippen LogP contribution in [0.5, 0.6) is 5.75 Å². The smallest absolute Gasteiger partial charge is 0.259 e. The van der Waals surface area contributed by atoms with Crippen molar-refractivity contribution >= 4 is 28.3 Å². The van der Waals surface area contributed by atoms with Crippen molar-refractivity contribution in [1.29, 1.82) is 0 Å². The Balaban J connectivity index is 1.60. The molecule has 0 radical (unpaired) electrons. The van der Waals surface area contributed by atoms with Gasteiger partial charge in [0.25, 0.3) is 11.8 Å². The van der Waals surface area contributed by atoms with E-state index < -0.39 is 17.5 Å². The largest absolute Gasteiger partial charge is 0.483 e. The Labute approximate surface area is 165 Å². The molecular formula is C22H18F2N2O3. The molecule has 3 aromatic rings. The van der Waals surface area contributed by atoms with E-state index in [1.165, 1.54) is 6.07 Å². The summed E-state index contributed by atoms with van der Waals surface area (Å²) in [6.45, 7) is -0.222. The molecule has 0 saturated heterocycles. The van der Waals surface area contributed by atoms with E-state index in [1.807, 2.05) is 24.3 Å². The summed E-state index contributed by atoms with van der Waals surface area (Å²) in [5.74, 6) is -2.64. The van der Waals surface area contributed by atoms with E-state index in [4.69, 9.17) is 4.74 Å². The molecule has 1 fully saturated rings. The van der Waals surface area contributed by atoms with Gasteiger partial charge in [-0.2, -0.15) is 0 Å². The number of anilines is 1. The van der Waals surface area contributed by atoms with Crippen molar-refractivity contribution < 1.29 is 23.1 Å². The first-order valence-corrected chi connectivity index (χ1v) is 9.21. The van der Waals surface area contributed by atoms with Gasteiger partial charge in [-0.05, 0) is 47.9 Å². The summed E-state index contributed by atoms with van der Waals surface area (Å²) < 4.78 is 32.2. The normalized spacial score (nSPS) is 13.2. The van der Waals surface area contributed by atoms with Crippen molar-refractivity contribution in [3.63, 3.8) is 0 Å². The molecule has 1 aliphatic carbocycles. The SMILES string of the molecule is O=C(COc1cc2ccccc2cc1C(=O)Nc1ccc(F)c(F)c1)NC1CC1. The van der Waals surface area contributed by atoms with Crippen LogP contribution in [-0.4, -0.2) is 24.5 Å². The lowest BCUT2D eigenvalue weighted by Gasteiger charge is -2.13. The van der Waals surface area contributed by atoms with Gasteiger partial charge in [0.05, 0.1) is 5.56 Å². The summed E-state index contributed by atoms with van der Waals surface area (Å²) in [4.78, 5) is 24.8. The topological polar surface area (TPSA) is 67.4 Å².